The van der Waals surface area contributed by atoms with Crippen LogP contribution < -0.4 is 10.9 Å². The Morgan fingerprint density at radius 2 is 1.88 bits per heavy atom. The van der Waals surface area contributed by atoms with Crippen molar-refractivity contribution < 1.29 is 4.79 Å². The van der Waals surface area contributed by atoms with Gasteiger partial charge in [-0.15, -0.1) is 0 Å². The number of pyridine rings is 1. The summed E-state index contributed by atoms with van der Waals surface area (Å²) < 4.78 is 3.38. The van der Waals surface area contributed by atoms with Crippen molar-refractivity contribution in [3.63, 3.8) is 0 Å². The van der Waals surface area contributed by atoms with E-state index in [9.17, 15) is 9.59 Å². The minimum absolute atomic E-state index is 0.208. The van der Waals surface area contributed by atoms with Gasteiger partial charge in [-0.1, -0.05) is 30.3 Å². The number of amides is 1. The van der Waals surface area contributed by atoms with Crippen LogP contribution in [-0.4, -0.2) is 20.3 Å². The fraction of sp³-hybridized carbons (Fsp3) is 0.250. The predicted molar refractivity (Wildman–Crippen MR) is 100 cm³/mol. The molecular weight excluding hydrogens is 328 g/mol. The first-order valence-corrected chi connectivity index (χ1v) is 8.47. The molecule has 6 heteroatoms. The van der Waals surface area contributed by atoms with Crippen molar-refractivity contribution in [1.82, 2.24) is 19.7 Å². The van der Waals surface area contributed by atoms with Crippen LogP contribution in [0.15, 0.2) is 53.5 Å². The van der Waals surface area contributed by atoms with E-state index in [4.69, 9.17) is 0 Å². The van der Waals surface area contributed by atoms with Gasteiger partial charge in [0, 0.05) is 42.7 Å². The van der Waals surface area contributed by atoms with Crippen LogP contribution in [0.25, 0.3) is 0 Å². The lowest BCUT2D eigenvalue weighted by molar-refractivity contribution is 0.0950. The molecule has 3 rings (SSSR count). The fourth-order valence-corrected chi connectivity index (χ4v) is 2.86. The van der Waals surface area contributed by atoms with Gasteiger partial charge < -0.3 is 9.88 Å². The van der Waals surface area contributed by atoms with Crippen molar-refractivity contribution in [2.24, 2.45) is 7.05 Å². The number of benzene rings is 1. The Balaban J connectivity index is 1.73. The number of aryl methyl sites for hydroxylation is 2. The second-order valence-corrected chi connectivity index (χ2v) is 6.34. The minimum Gasteiger partial charge on any atom is -0.348 e. The maximum atomic E-state index is 12.3. The van der Waals surface area contributed by atoms with Crippen molar-refractivity contribution in [3.8, 4) is 0 Å². The van der Waals surface area contributed by atoms with Crippen LogP contribution in [-0.2, 0) is 20.1 Å². The summed E-state index contributed by atoms with van der Waals surface area (Å²) in [6.45, 7) is 5.01. The SMILES string of the molecule is Cc1nn(Cc2ccccc2)c(C)c1CNC(=O)c1ccn(C)c(=O)c1. The number of aromatic nitrogens is 3. The van der Waals surface area contributed by atoms with E-state index in [1.54, 1.807) is 19.3 Å². The minimum atomic E-state index is -0.266. The van der Waals surface area contributed by atoms with Gasteiger partial charge in [-0.25, -0.2) is 0 Å². The summed E-state index contributed by atoms with van der Waals surface area (Å²) >= 11 is 0. The molecule has 2 heterocycles. The number of nitrogens with one attached hydrogen (secondary N) is 1. The number of hydrogen-bond donors (Lipinski definition) is 1. The van der Waals surface area contributed by atoms with Gasteiger partial charge in [-0.2, -0.15) is 5.10 Å². The van der Waals surface area contributed by atoms with E-state index in [0.29, 0.717) is 18.7 Å². The third-order valence-electron chi connectivity index (χ3n) is 4.50. The maximum Gasteiger partial charge on any atom is 0.251 e. The first-order valence-electron chi connectivity index (χ1n) is 8.47. The lowest BCUT2D eigenvalue weighted by Gasteiger charge is -2.08. The van der Waals surface area contributed by atoms with Gasteiger partial charge >= 0.3 is 0 Å². The molecular formula is C20H22N4O2. The Bertz CT molecular complexity index is 987. The zero-order valence-electron chi connectivity index (χ0n) is 15.2. The molecule has 0 aliphatic carbocycles. The molecule has 0 aliphatic heterocycles. The summed E-state index contributed by atoms with van der Waals surface area (Å²) in [6, 6.07) is 13.1. The van der Waals surface area contributed by atoms with E-state index in [0.717, 1.165) is 17.0 Å². The average Bonchev–Trinajstić information content (AvgIpc) is 2.89. The molecule has 0 saturated heterocycles. The lowest BCUT2D eigenvalue weighted by atomic mass is 10.1. The molecule has 0 saturated carbocycles. The van der Waals surface area contributed by atoms with Crippen molar-refractivity contribution in [3.05, 3.63) is 87.1 Å². The molecule has 1 aromatic carbocycles. The zero-order valence-corrected chi connectivity index (χ0v) is 15.2. The molecule has 0 unspecified atom stereocenters. The summed E-state index contributed by atoms with van der Waals surface area (Å²) in [4.78, 5) is 24.0. The summed E-state index contributed by atoms with van der Waals surface area (Å²) in [5, 5.41) is 7.47. The summed E-state index contributed by atoms with van der Waals surface area (Å²) in [5.41, 5.74) is 4.24. The number of rotatable bonds is 5. The van der Waals surface area contributed by atoms with Crippen LogP contribution in [0.2, 0.25) is 0 Å². The van der Waals surface area contributed by atoms with Crippen molar-refractivity contribution in [2.45, 2.75) is 26.9 Å². The van der Waals surface area contributed by atoms with Crippen LogP contribution in [0.3, 0.4) is 0 Å². The molecule has 26 heavy (non-hydrogen) atoms. The molecule has 1 amide bonds. The largest absolute Gasteiger partial charge is 0.348 e. The van der Waals surface area contributed by atoms with E-state index >= 15 is 0 Å². The summed E-state index contributed by atoms with van der Waals surface area (Å²) in [5.74, 6) is -0.266. The van der Waals surface area contributed by atoms with Gasteiger partial charge in [-0.3, -0.25) is 14.3 Å². The predicted octanol–water partition coefficient (Wildman–Crippen LogP) is 2.18. The molecule has 134 valence electrons. The van der Waals surface area contributed by atoms with Gasteiger partial charge in [0.1, 0.15) is 0 Å². The molecule has 6 nitrogen and oxygen atoms in total. The van der Waals surface area contributed by atoms with E-state index in [1.165, 1.54) is 16.2 Å². The molecule has 0 radical (unpaired) electrons. The first kappa shape index (κ1) is 17.7. The molecule has 3 aromatic rings. The molecule has 0 atom stereocenters. The summed E-state index contributed by atoms with van der Waals surface area (Å²) in [7, 11) is 1.65. The number of hydrogen-bond acceptors (Lipinski definition) is 3. The first-order chi connectivity index (χ1) is 12.5. The van der Waals surface area contributed by atoms with Crippen molar-refractivity contribution >= 4 is 5.91 Å². The Kier molecular flexibility index (Phi) is 5.02. The van der Waals surface area contributed by atoms with Gasteiger partial charge in [0.05, 0.1) is 12.2 Å². The number of carbonyl (C=O) groups is 1. The third kappa shape index (κ3) is 3.74. The van der Waals surface area contributed by atoms with Gasteiger partial charge in [0.15, 0.2) is 0 Å². The van der Waals surface area contributed by atoms with E-state index in [1.807, 2.05) is 36.7 Å². The van der Waals surface area contributed by atoms with E-state index in [2.05, 4.69) is 22.5 Å². The van der Waals surface area contributed by atoms with Crippen LogP contribution in [0.5, 0.6) is 0 Å². The standard InChI is InChI=1S/C20H22N4O2/c1-14-18(12-21-20(26)17-9-10-23(3)19(25)11-17)15(2)24(22-14)13-16-7-5-4-6-8-16/h4-11H,12-13H2,1-3H3,(H,21,26). The smallest absolute Gasteiger partial charge is 0.251 e. The number of carbonyl (C=O) groups excluding carboxylic acids is 1. The van der Waals surface area contributed by atoms with Crippen molar-refractivity contribution in [1.29, 1.82) is 0 Å². The van der Waals surface area contributed by atoms with Gasteiger partial charge in [0.2, 0.25) is 0 Å². The molecule has 1 N–H and O–H groups in total. The maximum absolute atomic E-state index is 12.3. The molecule has 0 spiro atoms. The monoisotopic (exact) mass is 350 g/mol. The Labute approximate surface area is 152 Å². The van der Waals surface area contributed by atoms with E-state index in [-0.39, 0.29) is 11.5 Å². The van der Waals surface area contributed by atoms with Crippen LogP contribution in [0.1, 0.15) is 32.9 Å². The average molecular weight is 350 g/mol. The Morgan fingerprint density at radius 1 is 1.15 bits per heavy atom. The van der Waals surface area contributed by atoms with Gasteiger partial charge in [0.25, 0.3) is 11.5 Å². The van der Waals surface area contributed by atoms with Gasteiger partial charge in [-0.05, 0) is 25.5 Å². The number of nitrogens with zero attached hydrogens (tertiary/aromatic N) is 3. The quantitative estimate of drug-likeness (QED) is 0.767. The summed E-state index contributed by atoms with van der Waals surface area (Å²) in [6.07, 6.45) is 1.59. The highest BCUT2D eigenvalue weighted by Gasteiger charge is 2.14. The molecule has 2 aromatic heterocycles. The molecule has 0 fully saturated rings. The molecule has 0 bridgehead atoms. The topological polar surface area (TPSA) is 68.9 Å². The lowest BCUT2D eigenvalue weighted by Crippen LogP contribution is -2.26. The van der Waals surface area contributed by atoms with E-state index < -0.39 is 0 Å². The van der Waals surface area contributed by atoms with Crippen LogP contribution in [0, 0.1) is 13.8 Å². The second-order valence-electron chi connectivity index (χ2n) is 6.34. The normalized spacial score (nSPS) is 10.7. The Hall–Kier alpha value is -3.15. The Morgan fingerprint density at radius 3 is 2.58 bits per heavy atom. The highest BCUT2D eigenvalue weighted by atomic mass is 16.2. The van der Waals surface area contributed by atoms with Crippen LogP contribution >= 0.6 is 0 Å². The third-order valence-corrected chi connectivity index (χ3v) is 4.50. The zero-order chi connectivity index (χ0) is 18.7. The van der Waals surface area contributed by atoms with Crippen LogP contribution in [0.4, 0.5) is 0 Å². The fourth-order valence-electron chi connectivity index (χ4n) is 2.86. The second kappa shape index (κ2) is 7.39. The van der Waals surface area contributed by atoms with Crippen molar-refractivity contribution in [2.75, 3.05) is 0 Å². The highest BCUT2D eigenvalue weighted by molar-refractivity contribution is 5.93. The highest BCUT2D eigenvalue weighted by Crippen LogP contribution is 2.15. The molecule has 0 aliphatic rings.